The van der Waals surface area contributed by atoms with Crippen molar-refractivity contribution in [3.8, 4) is 16.9 Å². The molecule has 0 aliphatic carbocycles. The van der Waals surface area contributed by atoms with Crippen LogP contribution in [0.15, 0.2) is 71.6 Å². The molecule has 0 unspecified atom stereocenters. The summed E-state index contributed by atoms with van der Waals surface area (Å²) in [4.78, 5) is 2.26. The maximum atomic E-state index is 5.02. The minimum absolute atomic E-state index is 0.140. The Hall–Kier alpha value is -3.18. The molecule has 0 fully saturated rings. The molecular formula is C24H26N4O. The van der Waals surface area contributed by atoms with Crippen LogP contribution in [-0.4, -0.2) is 26.9 Å². The fraction of sp³-hybridized carbons (Fsp3) is 0.250. The van der Waals surface area contributed by atoms with E-state index < -0.39 is 0 Å². The first-order chi connectivity index (χ1) is 14.0. The third kappa shape index (κ3) is 4.00. The van der Waals surface area contributed by atoms with Gasteiger partial charge in [0.2, 0.25) is 0 Å². The smallest absolute Gasteiger partial charge is 0.124 e. The molecule has 0 amide bonds. The normalized spacial score (nSPS) is 12.4. The van der Waals surface area contributed by atoms with E-state index in [-0.39, 0.29) is 6.04 Å². The fourth-order valence-electron chi connectivity index (χ4n) is 3.52. The summed E-state index contributed by atoms with van der Waals surface area (Å²) in [5, 5.41) is 9.08. The minimum atomic E-state index is 0.140. The highest BCUT2D eigenvalue weighted by molar-refractivity contribution is 5.63. The molecule has 0 saturated carbocycles. The summed E-state index contributed by atoms with van der Waals surface area (Å²) >= 11 is 0. The highest BCUT2D eigenvalue weighted by Gasteiger charge is 2.19. The standard InChI is InChI=1S/C24H26N4O/c1-17-10-11-18(2)23(14-17)28-16-21(24(25-28)20-8-6-5-7-9-20)15-27(4)19(3)22-12-13-29-26-22/h5-14,16,19H,15H2,1-4H3/t19-/m1/s1. The van der Waals surface area contributed by atoms with Crippen molar-refractivity contribution >= 4 is 0 Å². The zero-order chi connectivity index (χ0) is 20.4. The number of nitrogens with zero attached hydrogens (tertiary/aromatic N) is 4. The summed E-state index contributed by atoms with van der Waals surface area (Å²) in [6.07, 6.45) is 3.77. The van der Waals surface area contributed by atoms with Crippen LogP contribution >= 0.6 is 0 Å². The van der Waals surface area contributed by atoms with Crippen LogP contribution in [0.5, 0.6) is 0 Å². The van der Waals surface area contributed by atoms with E-state index in [0.29, 0.717) is 0 Å². The van der Waals surface area contributed by atoms with Crippen molar-refractivity contribution in [1.82, 2.24) is 19.8 Å². The van der Waals surface area contributed by atoms with E-state index in [2.05, 4.69) is 86.5 Å². The first-order valence-corrected chi connectivity index (χ1v) is 9.85. The van der Waals surface area contributed by atoms with Gasteiger partial charge in [-0.05, 0) is 45.0 Å². The molecule has 5 heteroatoms. The van der Waals surface area contributed by atoms with E-state index in [0.717, 1.165) is 29.2 Å². The van der Waals surface area contributed by atoms with E-state index in [1.165, 1.54) is 16.7 Å². The summed E-state index contributed by atoms with van der Waals surface area (Å²) in [6, 6.07) is 18.9. The summed E-state index contributed by atoms with van der Waals surface area (Å²) in [6.45, 7) is 7.12. The molecule has 2 heterocycles. The van der Waals surface area contributed by atoms with Crippen molar-refractivity contribution in [3.05, 3.63) is 89.4 Å². The van der Waals surface area contributed by atoms with Crippen molar-refractivity contribution in [2.75, 3.05) is 7.05 Å². The van der Waals surface area contributed by atoms with Gasteiger partial charge in [0.25, 0.3) is 0 Å². The molecule has 0 aliphatic heterocycles. The molecule has 148 valence electrons. The zero-order valence-corrected chi connectivity index (χ0v) is 17.3. The third-order valence-corrected chi connectivity index (χ3v) is 5.42. The average Bonchev–Trinajstić information content (AvgIpc) is 3.40. The van der Waals surface area contributed by atoms with Crippen molar-refractivity contribution in [1.29, 1.82) is 0 Å². The van der Waals surface area contributed by atoms with E-state index >= 15 is 0 Å². The van der Waals surface area contributed by atoms with Gasteiger partial charge in [0.05, 0.1) is 17.4 Å². The number of aromatic nitrogens is 3. The van der Waals surface area contributed by atoms with Crippen LogP contribution in [0.4, 0.5) is 0 Å². The van der Waals surface area contributed by atoms with Gasteiger partial charge in [-0.1, -0.05) is 47.6 Å². The van der Waals surface area contributed by atoms with Crippen LogP contribution < -0.4 is 0 Å². The minimum Gasteiger partial charge on any atom is -0.364 e. The van der Waals surface area contributed by atoms with Gasteiger partial charge in [-0.2, -0.15) is 5.10 Å². The molecule has 2 aromatic heterocycles. The largest absolute Gasteiger partial charge is 0.364 e. The first kappa shape index (κ1) is 19.2. The Morgan fingerprint density at radius 2 is 1.86 bits per heavy atom. The highest BCUT2D eigenvalue weighted by Crippen LogP contribution is 2.28. The lowest BCUT2D eigenvalue weighted by atomic mass is 10.1. The van der Waals surface area contributed by atoms with Crippen LogP contribution in [0.3, 0.4) is 0 Å². The van der Waals surface area contributed by atoms with E-state index in [9.17, 15) is 0 Å². The topological polar surface area (TPSA) is 47.1 Å². The molecule has 0 aliphatic rings. The van der Waals surface area contributed by atoms with Crippen molar-refractivity contribution in [3.63, 3.8) is 0 Å². The molecule has 0 spiro atoms. The summed E-state index contributed by atoms with van der Waals surface area (Å²) in [5.74, 6) is 0. The van der Waals surface area contributed by atoms with Gasteiger partial charge in [-0.3, -0.25) is 4.90 Å². The molecule has 0 bridgehead atoms. The average molecular weight is 386 g/mol. The Bertz CT molecular complexity index is 1080. The molecule has 1 atom stereocenters. The molecular weight excluding hydrogens is 360 g/mol. The van der Waals surface area contributed by atoms with E-state index in [4.69, 9.17) is 9.62 Å². The molecule has 4 rings (SSSR count). The summed E-state index contributed by atoms with van der Waals surface area (Å²) in [5.41, 5.74) is 7.76. The van der Waals surface area contributed by atoms with Gasteiger partial charge in [0.15, 0.2) is 0 Å². The molecule has 0 N–H and O–H groups in total. The Labute approximate surface area is 171 Å². The molecule has 4 aromatic rings. The number of rotatable bonds is 6. The molecule has 5 nitrogen and oxygen atoms in total. The SMILES string of the molecule is Cc1ccc(C)c(-n2cc(CN(C)[C@H](C)c3ccon3)c(-c3ccccc3)n2)c1. The number of hydrogen-bond acceptors (Lipinski definition) is 4. The van der Waals surface area contributed by atoms with Gasteiger partial charge in [-0.25, -0.2) is 4.68 Å². The lowest BCUT2D eigenvalue weighted by Crippen LogP contribution is -2.22. The van der Waals surface area contributed by atoms with Gasteiger partial charge in [0, 0.05) is 29.9 Å². The van der Waals surface area contributed by atoms with Crippen LogP contribution in [0, 0.1) is 13.8 Å². The van der Waals surface area contributed by atoms with Crippen LogP contribution in [0.25, 0.3) is 16.9 Å². The maximum Gasteiger partial charge on any atom is 0.124 e. The number of hydrogen-bond donors (Lipinski definition) is 0. The highest BCUT2D eigenvalue weighted by atomic mass is 16.5. The summed E-state index contributed by atoms with van der Waals surface area (Å²) < 4.78 is 7.03. The molecule has 2 aromatic carbocycles. The Morgan fingerprint density at radius 1 is 1.07 bits per heavy atom. The van der Waals surface area contributed by atoms with E-state index in [1.54, 1.807) is 6.26 Å². The third-order valence-electron chi connectivity index (χ3n) is 5.42. The second-order valence-electron chi connectivity index (χ2n) is 7.62. The molecule has 0 radical (unpaired) electrons. The summed E-state index contributed by atoms with van der Waals surface area (Å²) in [7, 11) is 2.10. The Kier molecular flexibility index (Phi) is 5.32. The zero-order valence-electron chi connectivity index (χ0n) is 17.3. The second-order valence-corrected chi connectivity index (χ2v) is 7.62. The molecule has 0 saturated heterocycles. The molecule has 29 heavy (non-hydrogen) atoms. The van der Waals surface area contributed by atoms with Crippen LogP contribution in [-0.2, 0) is 6.54 Å². The van der Waals surface area contributed by atoms with Gasteiger partial charge < -0.3 is 4.52 Å². The second kappa shape index (κ2) is 8.05. The lowest BCUT2D eigenvalue weighted by molar-refractivity contribution is 0.241. The lowest BCUT2D eigenvalue weighted by Gasteiger charge is -2.22. The van der Waals surface area contributed by atoms with Gasteiger partial charge in [-0.15, -0.1) is 0 Å². The van der Waals surface area contributed by atoms with Crippen LogP contribution in [0.1, 0.15) is 35.3 Å². The van der Waals surface area contributed by atoms with Crippen LogP contribution in [0.2, 0.25) is 0 Å². The van der Waals surface area contributed by atoms with Crippen molar-refractivity contribution in [2.45, 2.75) is 33.4 Å². The number of benzene rings is 2. The Morgan fingerprint density at radius 3 is 2.59 bits per heavy atom. The fourth-order valence-corrected chi connectivity index (χ4v) is 3.52. The van der Waals surface area contributed by atoms with Gasteiger partial charge >= 0.3 is 0 Å². The first-order valence-electron chi connectivity index (χ1n) is 9.85. The van der Waals surface area contributed by atoms with E-state index in [1.807, 2.05) is 16.8 Å². The van der Waals surface area contributed by atoms with Gasteiger partial charge in [0.1, 0.15) is 12.0 Å². The van der Waals surface area contributed by atoms with Crippen molar-refractivity contribution < 1.29 is 4.52 Å². The quantitative estimate of drug-likeness (QED) is 0.449. The number of aryl methyl sites for hydroxylation is 2. The monoisotopic (exact) mass is 386 g/mol. The predicted molar refractivity (Wildman–Crippen MR) is 115 cm³/mol. The van der Waals surface area contributed by atoms with Crippen molar-refractivity contribution in [2.24, 2.45) is 0 Å². The predicted octanol–water partition coefficient (Wildman–Crippen LogP) is 5.34. The maximum absolute atomic E-state index is 5.02. The Balaban J connectivity index is 1.73.